The van der Waals surface area contributed by atoms with Crippen LogP contribution in [0, 0.1) is 11.8 Å². The van der Waals surface area contributed by atoms with Gasteiger partial charge in [0.1, 0.15) is 11.7 Å². The highest BCUT2D eigenvalue weighted by atomic mass is 16.7. The van der Waals surface area contributed by atoms with Crippen LogP contribution < -0.4 is 0 Å². The summed E-state index contributed by atoms with van der Waals surface area (Å²) in [7, 11) is 0. The molecule has 0 bridgehead atoms. The molecule has 1 aromatic rings. The number of aliphatic hydroxyl groups is 2. The van der Waals surface area contributed by atoms with Crippen molar-refractivity contribution in [1.82, 2.24) is 0 Å². The fourth-order valence-electron chi connectivity index (χ4n) is 5.85. The highest BCUT2D eigenvalue weighted by molar-refractivity contribution is 5.87. The number of hydrogen-bond acceptors (Lipinski definition) is 12. The molecule has 3 heterocycles. The summed E-state index contributed by atoms with van der Waals surface area (Å²) in [5, 5.41) is 20.5. The minimum atomic E-state index is -1.33. The molecule has 40 heavy (non-hydrogen) atoms. The van der Waals surface area contributed by atoms with Crippen molar-refractivity contribution in [2.45, 2.75) is 75.6 Å². The van der Waals surface area contributed by atoms with E-state index < -0.39 is 84.5 Å². The van der Waals surface area contributed by atoms with E-state index >= 15 is 0 Å². The first kappa shape index (κ1) is 28.2. The third kappa shape index (κ3) is 5.37. The number of aliphatic hydroxyl groups excluding tert-OH is 2. The van der Waals surface area contributed by atoms with E-state index in [1.807, 2.05) is 18.2 Å². The third-order valence-electron chi connectivity index (χ3n) is 7.59. The second-order valence-electron chi connectivity index (χ2n) is 10.2. The highest BCUT2D eigenvalue weighted by Crippen LogP contribution is 2.60. The van der Waals surface area contributed by atoms with Gasteiger partial charge in [0, 0.05) is 25.8 Å². The lowest BCUT2D eigenvalue weighted by atomic mass is 9.86. The number of rotatable bonds is 8. The Labute approximate surface area is 230 Å². The molecule has 1 saturated carbocycles. The Morgan fingerprint density at radius 1 is 1.00 bits per heavy atom. The number of esters is 3. The summed E-state index contributed by atoms with van der Waals surface area (Å²) in [6.07, 6.45) is -2.60. The molecule has 0 spiro atoms. The summed E-state index contributed by atoms with van der Waals surface area (Å²) in [5.41, 5.74) is -0.307. The van der Waals surface area contributed by atoms with Gasteiger partial charge in [-0.05, 0) is 24.6 Å². The molecular weight excluding hydrogens is 528 g/mol. The molecule has 0 aromatic heterocycles. The Morgan fingerprint density at radius 2 is 1.70 bits per heavy atom. The van der Waals surface area contributed by atoms with E-state index in [2.05, 4.69) is 0 Å². The van der Waals surface area contributed by atoms with Crippen molar-refractivity contribution in [3.05, 3.63) is 54.3 Å². The van der Waals surface area contributed by atoms with Crippen LogP contribution in [0.15, 0.2) is 48.7 Å². The van der Waals surface area contributed by atoms with E-state index in [0.717, 1.165) is 5.56 Å². The minimum absolute atomic E-state index is 0.370. The Morgan fingerprint density at radius 3 is 2.38 bits per heavy atom. The standard InChI is InChI=1S/C28H32O12/c1-14-21(36-15(2)30)23(38-19(32)10-9-17-7-5-4-6-8-17)24(37-16(3)31)27(35-14)39-22-18-11-12-34-26(33)20(18)28(13-29)25(22)40-28/h4-12,14,18,20-27,29,33H,13H2,1-3H3. The number of carbonyl (C=O) groups is 3. The van der Waals surface area contributed by atoms with Gasteiger partial charge in [0.05, 0.1) is 31.0 Å². The highest BCUT2D eigenvalue weighted by Gasteiger charge is 2.76. The van der Waals surface area contributed by atoms with Gasteiger partial charge in [0.2, 0.25) is 6.29 Å². The lowest BCUT2D eigenvalue weighted by Gasteiger charge is -2.44. The summed E-state index contributed by atoms with van der Waals surface area (Å²) in [5.74, 6) is -3.17. The van der Waals surface area contributed by atoms with Crippen LogP contribution in [-0.4, -0.2) is 89.5 Å². The summed E-state index contributed by atoms with van der Waals surface area (Å²) < 4.78 is 40.1. The summed E-state index contributed by atoms with van der Waals surface area (Å²) in [6, 6.07) is 9.08. The monoisotopic (exact) mass is 560 g/mol. The van der Waals surface area contributed by atoms with Crippen LogP contribution in [0.2, 0.25) is 0 Å². The van der Waals surface area contributed by atoms with Gasteiger partial charge in [-0.25, -0.2) is 4.79 Å². The fourth-order valence-corrected chi connectivity index (χ4v) is 5.85. The van der Waals surface area contributed by atoms with Crippen molar-refractivity contribution in [2.75, 3.05) is 6.61 Å². The minimum Gasteiger partial charge on any atom is -0.473 e. The first-order valence-electron chi connectivity index (χ1n) is 13.0. The molecule has 12 heteroatoms. The molecule has 5 rings (SSSR count). The molecule has 11 unspecified atom stereocenters. The number of hydrogen-bond donors (Lipinski definition) is 2. The molecular formula is C28H32O12. The summed E-state index contributed by atoms with van der Waals surface area (Å²) in [6.45, 7) is 3.61. The number of epoxide rings is 1. The quantitative estimate of drug-likeness (QED) is 0.200. The topological polar surface area (TPSA) is 160 Å². The Bertz CT molecular complexity index is 1170. The Balaban J connectivity index is 1.41. The van der Waals surface area contributed by atoms with E-state index in [4.69, 9.17) is 33.2 Å². The summed E-state index contributed by atoms with van der Waals surface area (Å²) >= 11 is 0. The third-order valence-corrected chi connectivity index (χ3v) is 7.59. The van der Waals surface area contributed by atoms with E-state index in [0.29, 0.717) is 0 Å². The maximum atomic E-state index is 12.9. The molecule has 0 radical (unpaired) electrons. The average molecular weight is 561 g/mol. The fraction of sp³-hybridized carbons (Fsp3) is 0.536. The lowest BCUT2D eigenvalue weighted by Crippen LogP contribution is -2.62. The maximum absolute atomic E-state index is 12.9. The van der Waals surface area contributed by atoms with Crippen LogP contribution in [0.25, 0.3) is 6.08 Å². The Hall–Kier alpha value is -3.29. The largest absolute Gasteiger partial charge is 0.473 e. The zero-order valence-corrected chi connectivity index (χ0v) is 22.2. The molecule has 1 aliphatic carbocycles. The van der Waals surface area contributed by atoms with Crippen molar-refractivity contribution in [2.24, 2.45) is 11.8 Å². The first-order chi connectivity index (χ1) is 19.1. The average Bonchev–Trinajstić information content (AvgIpc) is 3.58. The van der Waals surface area contributed by atoms with Crippen molar-refractivity contribution in [3.63, 3.8) is 0 Å². The molecule has 216 valence electrons. The molecule has 11 atom stereocenters. The van der Waals surface area contributed by atoms with Crippen LogP contribution in [0.4, 0.5) is 0 Å². The lowest BCUT2D eigenvalue weighted by molar-refractivity contribution is -0.315. The van der Waals surface area contributed by atoms with Gasteiger partial charge >= 0.3 is 17.9 Å². The second kappa shape index (κ2) is 11.3. The number of fused-ring (bicyclic) bond motifs is 3. The van der Waals surface area contributed by atoms with Crippen molar-refractivity contribution in [3.8, 4) is 0 Å². The molecule has 0 amide bonds. The SMILES string of the molecule is CC(=O)OC1C(C)OC(OC2C3C=COC(O)C3C3(CO)OC23)C(OC(C)=O)C1OC(=O)C=Cc1ccccc1. The number of ether oxygens (including phenoxy) is 7. The molecule has 3 fully saturated rings. The van der Waals surface area contributed by atoms with Gasteiger partial charge in [-0.1, -0.05) is 30.3 Å². The molecule has 3 aliphatic heterocycles. The van der Waals surface area contributed by atoms with E-state index in [1.165, 1.54) is 26.2 Å². The van der Waals surface area contributed by atoms with Crippen LogP contribution in [0.5, 0.6) is 0 Å². The van der Waals surface area contributed by atoms with Crippen LogP contribution in [-0.2, 0) is 47.5 Å². The van der Waals surface area contributed by atoms with Gasteiger partial charge in [-0.2, -0.15) is 0 Å². The molecule has 2 saturated heterocycles. The van der Waals surface area contributed by atoms with Crippen molar-refractivity contribution < 1.29 is 57.8 Å². The predicted molar refractivity (Wildman–Crippen MR) is 134 cm³/mol. The molecule has 12 nitrogen and oxygen atoms in total. The molecule has 4 aliphatic rings. The van der Waals surface area contributed by atoms with Gasteiger partial charge < -0.3 is 43.4 Å². The normalized spacial score (nSPS) is 39.5. The zero-order valence-electron chi connectivity index (χ0n) is 22.2. The Kier molecular flexibility index (Phi) is 7.98. The first-order valence-corrected chi connectivity index (χ1v) is 13.0. The smallest absolute Gasteiger partial charge is 0.331 e. The van der Waals surface area contributed by atoms with Gasteiger partial charge in [0.25, 0.3) is 0 Å². The summed E-state index contributed by atoms with van der Waals surface area (Å²) in [4.78, 5) is 37.0. The van der Waals surface area contributed by atoms with Gasteiger partial charge in [0.15, 0.2) is 24.6 Å². The van der Waals surface area contributed by atoms with Crippen molar-refractivity contribution in [1.29, 1.82) is 0 Å². The van der Waals surface area contributed by atoms with E-state index in [-0.39, 0.29) is 6.61 Å². The number of benzene rings is 1. The van der Waals surface area contributed by atoms with Gasteiger partial charge in [-0.3, -0.25) is 9.59 Å². The van der Waals surface area contributed by atoms with Crippen LogP contribution in [0.3, 0.4) is 0 Å². The van der Waals surface area contributed by atoms with Crippen LogP contribution >= 0.6 is 0 Å². The molecule has 2 N–H and O–H groups in total. The van der Waals surface area contributed by atoms with E-state index in [1.54, 1.807) is 31.2 Å². The van der Waals surface area contributed by atoms with Crippen molar-refractivity contribution >= 4 is 24.0 Å². The maximum Gasteiger partial charge on any atom is 0.331 e. The van der Waals surface area contributed by atoms with Crippen LogP contribution in [0.1, 0.15) is 26.3 Å². The van der Waals surface area contributed by atoms with Gasteiger partial charge in [-0.15, -0.1) is 0 Å². The molecule has 1 aromatic carbocycles. The second-order valence-corrected chi connectivity index (χ2v) is 10.2. The number of carbonyl (C=O) groups excluding carboxylic acids is 3. The predicted octanol–water partition coefficient (Wildman–Crippen LogP) is 0.843. The van der Waals surface area contributed by atoms with E-state index in [9.17, 15) is 24.6 Å². The zero-order chi connectivity index (χ0) is 28.6.